The molecule has 1 saturated heterocycles. The molecule has 4 rings (SSSR count). The van der Waals surface area contributed by atoms with E-state index in [4.69, 9.17) is 15.2 Å². The summed E-state index contributed by atoms with van der Waals surface area (Å²) in [7, 11) is 0. The summed E-state index contributed by atoms with van der Waals surface area (Å²) >= 11 is 0. The maximum atomic E-state index is 12.9. The standard InChI is InChI=1S/C17H18N4O3/c18-16-14(19-6-7-20-16)17(22)21-8-2-4-12(21)11-3-1-5-13-15(11)24-10-9-23-13/h1,3,5-7,12H,2,4,8-10H2,(H2,18,20)/t12-/m0/s1. The van der Waals surface area contributed by atoms with Crippen molar-refractivity contribution in [3.8, 4) is 11.5 Å². The number of fused-ring (bicyclic) bond motifs is 1. The van der Waals surface area contributed by atoms with E-state index in [-0.39, 0.29) is 23.5 Å². The van der Waals surface area contributed by atoms with Crippen molar-refractivity contribution in [1.29, 1.82) is 0 Å². The minimum atomic E-state index is -0.197. The van der Waals surface area contributed by atoms with Gasteiger partial charge in [0.2, 0.25) is 0 Å². The molecular weight excluding hydrogens is 308 g/mol. The Morgan fingerprint density at radius 3 is 2.92 bits per heavy atom. The highest BCUT2D eigenvalue weighted by Crippen LogP contribution is 2.43. The van der Waals surface area contributed by atoms with Crippen LogP contribution in [0.2, 0.25) is 0 Å². The number of carbonyl (C=O) groups excluding carboxylic acids is 1. The number of hydrogen-bond donors (Lipinski definition) is 1. The van der Waals surface area contributed by atoms with Gasteiger partial charge in [0.15, 0.2) is 23.0 Å². The number of benzene rings is 1. The van der Waals surface area contributed by atoms with Crippen LogP contribution in [-0.4, -0.2) is 40.5 Å². The molecule has 0 radical (unpaired) electrons. The van der Waals surface area contributed by atoms with Crippen LogP contribution in [0.5, 0.6) is 11.5 Å². The predicted octanol–water partition coefficient (Wildman–Crippen LogP) is 1.81. The average Bonchev–Trinajstić information content (AvgIpc) is 3.10. The number of amides is 1. The quantitative estimate of drug-likeness (QED) is 0.905. The van der Waals surface area contributed by atoms with Crippen LogP contribution in [0.25, 0.3) is 0 Å². The van der Waals surface area contributed by atoms with Crippen molar-refractivity contribution < 1.29 is 14.3 Å². The molecule has 1 aromatic heterocycles. The van der Waals surface area contributed by atoms with Gasteiger partial charge >= 0.3 is 0 Å². The van der Waals surface area contributed by atoms with Crippen LogP contribution in [0.15, 0.2) is 30.6 Å². The Bertz CT molecular complexity index is 780. The summed E-state index contributed by atoms with van der Waals surface area (Å²) in [5.74, 6) is 1.43. The highest BCUT2D eigenvalue weighted by atomic mass is 16.6. The largest absolute Gasteiger partial charge is 0.486 e. The molecule has 7 nitrogen and oxygen atoms in total. The first-order valence-corrected chi connectivity index (χ1v) is 8.01. The Balaban J connectivity index is 1.69. The van der Waals surface area contributed by atoms with E-state index >= 15 is 0 Å². The maximum absolute atomic E-state index is 12.9. The minimum absolute atomic E-state index is 0.0736. The summed E-state index contributed by atoms with van der Waals surface area (Å²) in [6.45, 7) is 1.71. The third kappa shape index (κ3) is 2.42. The lowest BCUT2D eigenvalue weighted by Crippen LogP contribution is -2.32. The highest BCUT2D eigenvalue weighted by molar-refractivity contribution is 5.96. The van der Waals surface area contributed by atoms with E-state index in [1.807, 2.05) is 18.2 Å². The van der Waals surface area contributed by atoms with Gasteiger partial charge in [-0.15, -0.1) is 0 Å². The number of nitrogens with zero attached hydrogens (tertiary/aromatic N) is 3. The van der Waals surface area contributed by atoms with Crippen molar-refractivity contribution in [2.45, 2.75) is 18.9 Å². The number of ether oxygens (including phenoxy) is 2. The summed E-state index contributed by atoms with van der Waals surface area (Å²) in [6.07, 6.45) is 4.75. The summed E-state index contributed by atoms with van der Waals surface area (Å²) < 4.78 is 11.5. The van der Waals surface area contributed by atoms with Gasteiger partial charge in [-0.05, 0) is 18.9 Å². The molecule has 3 heterocycles. The molecule has 1 fully saturated rings. The van der Waals surface area contributed by atoms with Crippen LogP contribution in [0.3, 0.4) is 0 Å². The number of nitrogens with two attached hydrogens (primary N) is 1. The van der Waals surface area contributed by atoms with Crippen LogP contribution in [0, 0.1) is 0 Å². The second-order valence-corrected chi connectivity index (χ2v) is 5.82. The first-order valence-electron chi connectivity index (χ1n) is 8.01. The molecule has 0 saturated carbocycles. The van der Waals surface area contributed by atoms with Crippen LogP contribution >= 0.6 is 0 Å². The third-order valence-electron chi connectivity index (χ3n) is 4.40. The fraction of sp³-hybridized carbons (Fsp3) is 0.353. The second kappa shape index (κ2) is 5.99. The molecule has 2 aliphatic heterocycles. The van der Waals surface area contributed by atoms with Gasteiger partial charge in [0.1, 0.15) is 13.2 Å². The number of carbonyl (C=O) groups is 1. The first kappa shape index (κ1) is 14.7. The number of rotatable bonds is 2. The van der Waals surface area contributed by atoms with Crippen molar-refractivity contribution in [3.05, 3.63) is 41.9 Å². The van der Waals surface area contributed by atoms with E-state index in [9.17, 15) is 4.79 Å². The summed E-state index contributed by atoms with van der Waals surface area (Å²) in [6, 6.07) is 5.74. The molecular formula is C17H18N4O3. The van der Waals surface area contributed by atoms with E-state index in [1.165, 1.54) is 12.4 Å². The Morgan fingerprint density at radius 1 is 1.21 bits per heavy atom. The molecule has 1 aromatic carbocycles. The maximum Gasteiger partial charge on any atom is 0.276 e. The third-order valence-corrected chi connectivity index (χ3v) is 4.40. The monoisotopic (exact) mass is 326 g/mol. The molecule has 1 atom stereocenters. The van der Waals surface area contributed by atoms with Gasteiger partial charge in [-0.2, -0.15) is 0 Å². The van der Waals surface area contributed by atoms with E-state index < -0.39 is 0 Å². The lowest BCUT2D eigenvalue weighted by Gasteiger charge is -2.28. The van der Waals surface area contributed by atoms with Gasteiger partial charge in [0.25, 0.3) is 5.91 Å². The van der Waals surface area contributed by atoms with Crippen molar-refractivity contribution in [2.75, 3.05) is 25.5 Å². The van der Waals surface area contributed by atoms with Crippen LogP contribution < -0.4 is 15.2 Å². The molecule has 0 bridgehead atoms. The fourth-order valence-electron chi connectivity index (χ4n) is 3.34. The fourth-order valence-corrected chi connectivity index (χ4v) is 3.34. The minimum Gasteiger partial charge on any atom is -0.486 e. The lowest BCUT2D eigenvalue weighted by atomic mass is 10.0. The van der Waals surface area contributed by atoms with E-state index in [1.54, 1.807) is 4.90 Å². The first-order chi connectivity index (χ1) is 11.8. The molecule has 1 amide bonds. The molecule has 7 heteroatoms. The lowest BCUT2D eigenvalue weighted by molar-refractivity contribution is 0.0725. The van der Waals surface area contributed by atoms with Crippen LogP contribution in [0.1, 0.15) is 34.9 Å². The summed E-state index contributed by atoms with van der Waals surface area (Å²) in [5.41, 5.74) is 6.99. The van der Waals surface area contributed by atoms with Gasteiger partial charge in [-0.1, -0.05) is 12.1 Å². The Labute approximate surface area is 139 Å². The highest BCUT2D eigenvalue weighted by Gasteiger charge is 2.35. The van der Waals surface area contributed by atoms with E-state index in [0.717, 1.165) is 29.9 Å². The number of likely N-dealkylation sites (tertiary alicyclic amines) is 1. The van der Waals surface area contributed by atoms with E-state index in [2.05, 4.69) is 9.97 Å². The SMILES string of the molecule is Nc1nccnc1C(=O)N1CCC[C@H]1c1cccc2c1OCCO2. The zero-order chi connectivity index (χ0) is 16.5. The zero-order valence-corrected chi connectivity index (χ0v) is 13.1. The topological polar surface area (TPSA) is 90.6 Å². The molecule has 2 aromatic rings. The Hall–Kier alpha value is -2.83. The number of para-hydroxylation sites is 1. The molecule has 124 valence electrons. The Kier molecular flexibility index (Phi) is 3.68. The zero-order valence-electron chi connectivity index (χ0n) is 13.1. The van der Waals surface area contributed by atoms with Crippen LogP contribution in [-0.2, 0) is 0 Å². The van der Waals surface area contributed by atoms with E-state index in [0.29, 0.717) is 19.8 Å². The smallest absolute Gasteiger partial charge is 0.276 e. The average molecular weight is 326 g/mol. The van der Waals surface area contributed by atoms with Gasteiger partial charge in [0, 0.05) is 24.5 Å². The normalized spacial score (nSPS) is 19.3. The predicted molar refractivity (Wildman–Crippen MR) is 86.9 cm³/mol. The molecule has 2 aliphatic rings. The number of aromatic nitrogens is 2. The summed E-state index contributed by atoms with van der Waals surface area (Å²) in [4.78, 5) is 22.8. The summed E-state index contributed by atoms with van der Waals surface area (Å²) in [5, 5.41) is 0. The molecule has 2 N–H and O–H groups in total. The second-order valence-electron chi connectivity index (χ2n) is 5.82. The van der Waals surface area contributed by atoms with Gasteiger partial charge in [-0.25, -0.2) is 9.97 Å². The van der Waals surface area contributed by atoms with Crippen molar-refractivity contribution in [1.82, 2.24) is 14.9 Å². The molecule has 24 heavy (non-hydrogen) atoms. The Morgan fingerprint density at radius 2 is 2.04 bits per heavy atom. The van der Waals surface area contributed by atoms with Gasteiger partial charge < -0.3 is 20.1 Å². The number of hydrogen-bond acceptors (Lipinski definition) is 6. The molecule has 0 spiro atoms. The van der Waals surface area contributed by atoms with Crippen molar-refractivity contribution in [3.63, 3.8) is 0 Å². The number of nitrogen functional groups attached to an aromatic ring is 1. The van der Waals surface area contributed by atoms with Gasteiger partial charge in [-0.3, -0.25) is 4.79 Å². The molecule has 0 aliphatic carbocycles. The van der Waals surface area contributed by atoms with Crippen LogP contribution in [0.4, 0.5) is 5.82 Å². The van der Waals surface area contributed by atoms with Gasteiger partial charge in [0.05, 0.1) is 6.04 Å². The van der Waals surface area contributed by atoms with Crippen molar-refractivity contribution >= 4 is 11.7 Å². The molecule has 0 unspecified atom stereocenters. The number of anilines is 1. The van der Waals surface area contributed by atoms with Crippen molar-refractivity contribution in [2.24, 2.45) is 0 Å².